The Morgan fingerprint density at radius 1 is 1.28 bits per heavy atom. The predicted molar refractivity (Wildman–Crippen MR) is 114 cm³/mol. The fourth-order valence-corrected chi connectivity index (χ4v) is 3.48. The molecule has 2 N–H and O–H groups in total. The van der Waals surface area contributed by atoms with Gasteiger partial charge in [-0.3, -0.25) is 9.69 Å². The summed E-state index contributed by atoms with van der Waals surface area (Å²) in [6.07, 6.45) is 3.13. The van der Waals surface area contributed by atoms with Gasteiger partial charge in [0.2, 0.25) is 5.91 Å². The van der Waals surface area contributed by atoms with Gasteiger partial charge in [-0.25, -0.2) is 5.43 Å². The van der Waals surface area contributed by atoms with Crippen LogP contribution in [0, 0.1) is 5.92 Å². The number of hydrogen-bond donors (Lipinski definition) is 2. The van der Waals surface area contributed by atoms with Crippen molar-refractivity contribution in [3.63, 3.8) is 0 Å². The van der Waals surface area contributed by atoms with E-state index in [1.54, 1.807) is 18.2 Å². The van der Waals surface area contributed by atoms with Crippen LogP contribution in [0.5, 0.6) is 11.5 Å². The van der Waals surface area contributed by atoms with Crippen LogP contribution in [-0.4, -0.2) is 41.8 Å². The molecule has 0 atom stereocenters. The van der Waals surface area contributed by atoms with Gasteiger partial charge >= 0.3 is 0 Å². The fourth-order valence-electron chi connectivity index (χ4n) is 3.36. The van der Waals surface area contributed by atoms with Crippen molar-refractivity contribution >= 4 is 23.7 Å². The number of rotatable bonds is 7. The molecule has 0 aliphatic carbocycles. The number of nitrogens with zero attached hydrogens (tertiary/aromatic N) is 2. The first kappa shape index (κ1) is 21.1. The highest BCUT2D eigenvalue weighted by Crippen LogP contribution is 2.26. The molecule has 0 unspecified atom stereocenters. The summed E-state index contributed by atoms with van der Waals surface area (Å²) >= 11 is 5.93. The molecule has 7 heteroatoms. The molecule has 0 saturated carbocycles. The lowest BCUT2D eigenvalue weighted by Crippen LogP contribution is -2.39. The maximum atomic E-state index is 12.4. The van der Waals surface area contributed by atoms with Gasteiger partial charge in [0.1, 0.15) is 0 Å². The van der Waals surface area contributed by atoms with Crippen molar-refractivity contribution in [2.45, 2.75) is 26.3 Å². The minimum atomic E-state index is -0.0671. The van der Waals surface area contributed by atoms with Gasteiger partial charge in [-0.15, -0.1) is 0 Å². The maximum Gasteiger partial charge on any atom is 0.243 e. The monoisotopic (exact) mass is 415 g/mol. The van der Waals surface area contributed by atoms with Crippen LogP contribution >= 0.6 is 11.6 Å². The van der Waals surface area contributed by atoms with Crippen LogP contribution in [0.1, 0.15) is 30.9 Å². The molecule has 1 aliphatic heterocycles. The van der Waals surface area contributed by atoms with Crippen molar-refractivity contribution in [2.24, 2.45) is 11.0 Å². The van der Waals surface area contributed by atoms with Crippen molar-refractivity contribution < 1.29 is 14.6 Å². The molecule has 29 heavy (non-hydrogen) atoms. The third kappa shape index (κ3) is 6.21. The second kappa shape index (κ2) is 10.3. The zero-order valence-corrected chi connectivity index (χ0v) is 17.2. The summed E-state index contributed by atoms with van der Waals surface area (Å²) < 4.78 is 5.29. The van der Waals surface area contributed by atoms with Crippen LogP contribution in [-0.2, 0) is 11.3 Å². The molecule has 1 heterocycles. The molecule has 0 spiro atoms. The minimum absolute atomic E-state index is 0.0395. The number of carbonyl (C=O) groups excluding carboxylic acids is 1. The summed E-state index contributed by atoms with van der Waals surface area (Å²) in [5, 5.41) is 14.7. The number of aromatic hydroxyl groups is 1. The molecule has 0 radical (unpaired) electrons. The van der Waals surface area contributed by atoms with E-state index in [1.807, 2.05) is 31.2 Å². The molecular weight excluding hydrogens is 390 g/mol. The van der Waals surface area contributed by atoms with E-state index in [2.05, 4.69) is 15.4 Å². The largest absolute Gasteiger partial charge is 0.504 e. The summed E-state index contributed by atoms with van der Waals surface area (Å²) in [6.45, 7) is 4.95. The standard InChI is InChI=1S/C22H26ClN3O3/c1-2-29-21-8-5-17(13-20(21)27)14-24-25-22(28)18-9-11-26(12-10-18)15-16-3-6-19(23)7-4-16/h3-8,13-14,18,27H,2,9-12,15H2,1H3,(H,25,28)/b24-14-. The van der Waals surface area contributed by atoms with Crippen LogP contribution in [0.4, 0.5) is 0 Å². The number of ether oxygens (including phenoxy) is 1. The Labute approximate surface area is 176 Å². The zero-order chi connectivity index (χ0) is 20.6. The SMILES string of the molecule is CCOc1ccc(/C=N\NC(=O)C2CCN(Cc3ccc(Cl)cc3)CC2)cc1O. The van der Waals surface area contributed by atoms with E-state index in [1.165, 1.54) is 11.8 Å². The van der Waals surface area contributed by atoms with Crippen LogP contribution in [0.2, 0.25) is 5.02 Å². The average molecular weight is 416 g/mol. The third-order valence-corrected chi connectivity index (χ3v) is 5.20. The highest BCUT2D eigenvalue weighted by Gasteiger charge is 2.24. The second-order valence-electron chi connectivity index (χ2n) is 7.07. The van der Waals surface area contributed by atoms with E-state index in [4.69, 9.17) is 16.3 Å². The van der Waals surface area contributed by atoms with Gasteiger partial charge in [-0.05, 0) is 74.3 Å². The number of likely N-dealkylation sites (tertiary alicyclic amines) is 1. The van der Waals surface area contributed by atoms with Gasteiger partial charge in [0, 0.05) is 17.5 Å². The minimum Gasteiger partial charge on any atom is -0.504 e. The van der Waals surface area contributed by atoms with E-state index < -0.39 is 0 Å². The average Bonchev–Trinajstić information content (AvgIpc) is 2.72. The topological polar surface area (TPSA) is 74.2 Å². The van der Waals surface area contributed by atoms with Gasteiger partial charge in [0.05, 0.1) is 12.8 Å². The molecule has 0 bridgehead atoms. The third-order valence-electron chi connectivity index (χ3n) is 4.95. The van der Waals surface area contributed by atoms with Crippen molar-refractivity contribution in [1.82, 2.24) is 10.3 Å². The number of nitrogens with one attached hydrogen (secondary N) is 1. The van der Waals surface area contributed by atoms with Gasteiger partial charge in [0.15, 0.2) is 11.5 Å². The fraction of sp³-hybridized carbons (Fsp3) is 0.364. The summed E-state index contributed by atoms with van der Waals surface area (Å²) in [4.78, 5) is 14.7. The Morgan fingerprint density at radius 3 is 2.66 bits per heavy atom. The number of halogens is 1. The number of hydrogen-bond acceptors (Lipinski definition) is 5. The van der Waals surface area contributed by atoms with E-state index in [0.717, 1.165) is 37.5 Å². The van der Waals surface area contributed by atoms with Crippen molar-refractivity contribution in [1.29, 1.82) is 0 Å². The van der Waals surface area contributed by atoms with Gasteiger partial charge in [0.25, 0.3) is 0 Å². The number of benzene rings is 2. The molecule has 2 aromatic carbocycles. The molecule has 154 valence electrons. The molecule has 1 fully saturated rings. The zero-order valence-electron chi connectivity index (χ0n) is 16.5. The van der Waals surface area contributed by atoms with Crippen LogP contribution in [0.15, 0.2) is 47.6 Å². The van der Waals surface area contributed by atoms with Crippen LogP contribution in [0.3, 0.4) is 0 Å². The maximum absolute atomic E-state index is 12.4. The Hall–Kier alpha value is -2.57. The van der Waals surface area contributed by atoms with E-state index in [-0.39, 0.29) is 17.6 Å². The van der Waals surface area contributed by atoms with Crippen LogP contribution < -0.4 is 10.2 Å². The van der Waals surface area contributed by atoms with E-state index in [0.29, 0.717) is 17.9 Å². The Morgan fingerprint density at radius 2 is 2.00 bits per heavy atom. The molecule has 2 aromatic rings. The number of piperidine rings is 1. The second-order valence-corrected chi connectivity index (χ2v) is 7.51. The van der Waals surface area contributed by atoms with Crippen molar-refractivity contribution in [3.8, 4) is 11.5 Å². The highest BCUT2D eigenvalue weighted by molar-refractivity contribution is 6.30. The molecule has 1 aliphatic rings. The number of hydrazone groups is 1. The summed E-state index contributed by atoms with van der Waals surface area (Å²) in [6, 6.07) is 12.9. The Balaban J connectivity index is 1.44. The van der Waals surface area contributed by atoms with Gasteiger partial charge in [-0.2, -0.15) is 5.10 Å². The molecule has 6 nitrogen and oxygen atoms in total. The summed E-state index contributed by atoms with van der Waals surface area (Å²) in [5.74, 6) is 0.374. The first-order valence-electron chi connectivity index (χ1n) is 9.80. The first-order valence-corrected chi connectivity index (χ1v) is 10.2. The van der Waals surface area contributed by atoms with Crippen LogP contribution in [0.25, 0.3) is 0 Å². The Kier molecular flexibility index (Phi) is 7.49. The van der Waals surface area contributed by atoms with Gasteiger partial charge < -0.3 is 9.84 Å². The smallest absolute Gasteiger partial charge is 0.243 e. The quantitative estimate of drug-likeness (QED) is 0.532. The summed E-state index contributed by atoms with van der Waals surface area (Å²) in [5.41, 5.74) is 4.52. The number of phenolic OH excluding ortho intramolecular Hbond substituents is 1. The van der Waals surface area contributed by atoms with Crippen molar-refractivity contribution in [3.05, 3.63) is 58.6 Å². The first-order chi connectivity index (χ1) is 14.0. The molecule has 0 aromatic heterocycles. The Bertz CT molecular complexity index is 847. The highest BCUT2D eigenvalue weighted by atomic mass is 35.5. The van der Waals surface area contributed by atoms with E-state index in [9.17, 15) is 9.90 Å². The lowest BCUT2D eigenvalue weighted by molar-refractivity contribution is -0.126. The normalized spacial score (nSPS) is 15.5. The van der Waals surface area contributed by atoms with Gasteiger partial charge in [-0.1, -0.05) is 23.7 Å². The molecule has 3 rings (SSSR count). The molecule has 1 amide bonds. The van der Waals surface area contributed by atoms with E-state index >= 15 is 0 Å². The lowest BCUT2D eigenvalue weighted by atomic mass is 9.96. The molecular formula is C22H26ClN3O3. The summed E-state index contributed by atoms with van der Waals surface area (Å²) in [7, 11) is 0. The number of carbonyl (C=O) groups is 1. The lowest BCUT2D eigenvalue weighted by Gasteiger charge is -2.30. The number of amides is 1. The molecule has 1 saturated heterocycles. The number of phenols is 1. The van der Waals surface area contributed by atoms with Crippen molar-refractivity contribution in [2.75, 3.05) is 19.7 Å². The predicted octanol–water partition coefficient (Wildman–Crippen LogP) is 3.81.